The van der Waals surface area contributed by atoms with Crippen molar-refractivity contribution in [1.29, 1.82) is 0 Å². The molecule has 276 valence electrons. The molecule has 59 heavy (non-hydrogen) atoms. The fourth-order valence-electron chi connectivity index (χ4n) is 8.67. The van der Waals surface area contributed by atoms with Crippen molar-refractivity contribution < 1.29 is 4.42 Å². The highest BCUT2D eigenvalue weighted by molar-refractivity contribution is 6.16. The molecule has 0 saturated heterocycles. The van der Waals surface area contributed by atoms with E-state index in [2.05, 4.69) is 167 Å². The van der Waals surface area contributed by atoms with Gasteiger partial charge < -0.3 is 8.98 Å². The van der Waals surface area contributed by atoms with Gasteiger partial charge >= 0.3 is 0 Å². The van der Waals surface area contributed by atoms with E-state index in [4.69, 9.17) is 19.4 Å². The summed E-state index contributed by atoms with van der Waals surface area (Å²) in [5.41, 5.74) is 13.8. The highest BCUT2D eigenvalue weighted by Gasteiger charge is 2.22. The minimum Gasteiger partial charge on any atom is -0.436 e. The molecule has 0 unspecified atom stereocenters. The Hall–Kier alpha value is -8.09. The van der Waals surface area contributed by atoms with Crippen molar-refractivity contribution in [1.82, 2.24) is 24.1 Å². The lowest BCUT2D eigenvalue weighted by atomic mass is 10.00. The highest BCUT2D eigenvalue weighted by atomic mass is 16.3. The Bertz CT molecular complexity index is 3480. The van der Waals surface area contributed by atoms with Gasteiger partial charge in [-0.05, 0) is 66.2 Å². The predicted molar refractivity (Wildman–Crippen MR) is 240 cm³/mol. The van der Waals surface area contributed by atoms with Crippen molar-refractivity contribution in [2.75, 3.05) is 0 Å². The summed E-state index contributed by atoms with van der Waals surface area (Å²) < 4.78 is 11.0. The maximum absolute atomic E-state index is 6.44. The first-order valence-corrected chi connectivity index (χ1v) is 19.8. The van der Waals surface area contributed by atoms with Gasteiger partial charge in [0.25, 0.3) is 0 Å². The number of rotatable bonds is 6. The number of fused-ring (bicyclic) bond motifs is 7. The topological polar surface area (TPSA) is 61.7 Å². The number of hydrogen-bond donors (Lipinski definition) is 0. The summed E-state index contributed by atoms with van der Waals surface area (Å²) in [5.74, 6) is 1.23. The second-order valence-electron chi connectivity index (χ2n) is 14.8. The third kappa shape index (κ3) is 5.38. The van der Waals surface area contributed by atoms with Gasteiger partial charge in [0, 0.05) is 49.5 Å². The monoisotopic (exact) mass is 755 g/mol. The van der Waals surface area contributed by atoms with Crippen LogP contribution in [0.15, 0.2) is 205 Å². The predicted octanol–water partition coefficient (Wildman–Crippen LogP) is 13.5. The van der Waals surface area contributed by atoms with E-state index >= 15 is 0 Å². The third-order valence-corrected chi connectivity index (χ3v) is 11.4. The number of hydrogen-bond acceptors (Lipinski definition) is 4. The summed E-state index contributed by atoms with van der Waals surface area (Å²) >= 11 is 0. The first-order chi connectivity index (χ1) is 29.2. The van der Waals surface area contributed by atoms with Crippen LogP contribution in [0.4, 0.5) is 0 Å². The number of nitrogens with zero attached hydrogens (tertiary/aromatic N) is 5. The third-order valence-electron chi connectivity index (χ3n) is 11.4. The minimum absolute atomic E-state index is 0.609. The zero-order valence-corrected chi connectivity index (χ0v) is 31.7. The summed E-state index contributed by atoms with van der Waals surface area (Å²) in [6.07, 6.45) is 0. The van der Waals surface area contributed by atoms with Crippen LogP contribution in [0.2, 0.25) is 0 Å². The second-order valence-corrected chi connectivity index (χ2v) is 14.8. The molecule has 0 aliphatic heterocycles. The Labute approximate surface area is 338 Å². The summed E-state index contributed by atoms with van der Waals surface area (Å²) in [6, 6.07) is 69.7. The van der Waals surface area contributed by atoms with Gasteiger partial charge in [0.15, 0.2) is 5.58 Å². The molecule has 0 bridgehead atoms. The SMILES string of the molecule is c1ccc(-c2cc(-c3ccccc3)nc(-n3c4ccccc4c4cccc(-c5ccc6c(c5)c5cc7oc(-c8ccccc8)nc7cc5n6-c5ccccc5)c43)n2)cc1. The largest absolute Gasteiger partial charge is 0.436 e. The lowest BCUT2D eigenvalue weighted by Crippen LogP contribution is -2.04. The van der Waals surface area contributed by atoms with Crippen LogP contribution < -0.4 is 0 Å². The van der Waals surface area contributed by atoms with Gasteiger partial charge in [0.1, 0.15) is 5.52 Å². The summed E-state index contributed by atoms with van der Waals surface area (Å²) in [4.78, 5) is 15.6. The molecule has 12 rings (SSSR count). The maximum atomic E-state index is 6.44. The van der Waals surface area contributed by atoms with E-state index in [-0.39, 0.29) is 0 Å². The molecule has 12 aromatic rings. The molecule has 0 aliphatic carbocycles. The average molecular weight is 756 g/mol. The van der Waals surface area contributed by atoms with E-state index in [9.17, 15) is 0 Å². The quantitative estimate of drug-likeness (QED) is 0.170. The van der Waals surface area contributed by atoms with Crippen LogP contribution in [0.1, 0.15) is 0 Å². The van der Waals surface area contributed by atoms with E-state index in [0.717, 1.165) is 99.6 Å². The molecule has 0 aliphatic rings. The Kier molecular flexibility index (Phi) is 7.43. The van der Waals surface area contributed by atoms with Gasteiger partial charge in [0.05, 0.1) is 33.5 Å². The normalized spacial score (nSPS) is 11.7. The molecular weight excluding hydrogens is 723 g/mol. The van der Waals surface area contributed by atoms with Crippen molar-refractivity contribution in [3.8, 4) is 56.7 Å². The summed E-state index contributed by atoms with van der Waals surface area (Å²) in [5, 5.41) is 4.49. The van der Waals surface area contributed by atoms with Crippen molar-refractivity contribution >= 4 is 54.7 Å². The molecule has 0 amide bonds. The average Bonchev–Trinajstić information content (AvgIpc) is 3.99. The van der Waals surface area contributed by atoms with Gasteiger partial charge in [-0.2, -0.15) is 0 Å². The highest BCUT2D eigenvalue weighted by Crippen LogP contribution is 2.42. The fraction of sp³-hybridized carbons (Fsp3) is 0. The summed E-state index contributed by atoms with van der Waals surface area (Å²) in [7, 11) is 0. The molecule has 0 radical (unpaired) electrons. The van der Waals surface area contributed by atoms with Crippen LogP contribution >= 0.6 is 0 Å². The molecule has 0 fully saturated rings. The minimum atomic E-state index is 0.609. The smallest absolute Gasteiger partial charge is 0.235 e. The van der Waals surface area contributed by atoms with Crippen molar-refractivity contribution in [3.05, 3.63) is 200 Å². The van der Waals surface area contributed by atoms with E-state index in [0.29, 0.717) is 11.8 Å². The number of para-hydroxylation sites is 3. The van der Waals surface area contributed by atoms with Crippen molar-refractivity contribution in [3.63, 3.8) is 0 Å². The van der Waals surface area contributed by atoms with Gasteiger partial charge in [0.2, 0.25) is 11.8 Å². The zero-order chi connectivity index (χ0) is 38.9. The van der Waals surface area contributed by atoms with Crippen LogP contribution in [0.25, 0.3) is 111 Å². The molecule has 4 heterocycles. The molecule has 6 heteroatoms. The lowest BCUT2D eigenvalue weighted by Gasteiger charge is -2.14. The summed E-state index contributed by atoms with van der Waals surface area (Å²) in [6.45, 7) is 0. The van der Waals surface area contributed by atoms with E-state index in [1.807, 2.05) is 42.5 Å². The maximum Gasteiger partial charge on any atom is 0.235 e. The van der Waals surface area contributed by atoms with Crippen LogP contribution in [-0.4, -0.2) is 24.1 Å². The van der Waals surface area contributed by atoms with Gasteiger partial charge in [-0.3, -0.25) is 4.57 Å². The van der Waals surface area contributed by atoms with E-state index < -0.39 is 0 Å². The first-order valence-electron chi connectivity index (χ1n) is 19.8. The molecule has 0 N–H and O–H groups in total. The molecule has 0 spiro atoms. The molecule has 8 aromatic carbocycles. The van der Waals surface area contributed by atoms with Crippen molar-refractivity contribution in [2.24, 2.45) is 0 Å². The molecule has 6 nitrogen and oxygen atoms in total. The van der Waals surface area contributed by atoms with Crippen LogP contribution in [-0.2, 0) is 0 Å². The molecule has 0 saturated carbocycles. The number of aromatic nitrogens is 5. The fourth-order valence-corrected chi connectivity index (χ4v) is 8.67. The Morgan fingerprint density at radius 1 is 0.373 bits per heavy atom. The lowest BCUT2D eigenvalue weighted by molar-refractivity contribution is 0.620. The van der Waals surface area contributed by atoms with Crippen LogP contribution in [0.5, 0.6) is 0 Å². The zero-order valence-electron chi connectivity index (χ0n) is 31.7. The van der Waals surface area contributed by atoms with Crippen molar-refractivity contribution in [2.45, 2.75) is 0 Å². The van der Waals surface area contributed by atoms with Gasteiger partial charge in [-0.1, -0.05) is 140 Å². The Morgan fingerprint density at radius 3 is 1.68 bits per heavy atom. The molecule has 4 aromatic heterocycles. The first kappa shape index (κ1) is 33.1. The Balaban J connectivity index is 1.13. The molecular formula is C53H33N5O. The standard InChI is InChI=1S/C53H33N5O/c1-5-16-34(17-6-1)44-32-45(35-18-7-2-8-19-35)56-53(55-44)58-47-27-14-13-24-40(47)41-26-15-25-39(51(41)58)37-28-29-48-42(30-37)43-31-50-46(54-52(59-50)36-20-9-3-10-21-36)33-49(43)57(48)38-22-11-4-12-23-38/h1-33H. The second kappa shape index (κ2) is 13.3. The number of oxazole rings is 1. The van der Waals surface area contributed by atoms with E-state index in [1.54, 1.807) is 0 Å². The van der Waals surface area contributed by atoms with Crippen LogP contribution in [0.3, 0.4) is 0 Å². The number of benzene rings is 8. The van der Waals surface area contributed by atoms with Crippen LogP contribution in [0, 0.1) is 0 Å². The van der Waals surface area contributed by atoms with Gasteiger partial charge in [-0.25, -0.2) is 15.0 Å². The van der Waals surface area contributed by atoms with E-state index in [1.165, 1.54) is 0 Å². The molecule has 0 atom stereocenters. The van der Waals surface area contributed by atoms with Gasteiger partial charge in [-0.15, -0.1) is 0 Å². The Morgan fingerprint density at radius 2 is 0.966 bits per heavy atom.